The predicted molar refractivity (Wildman–Crippen MR) is 134 cm³/mol. The Bertz CT molecular complexity index is 1390. The molecule has 0 spiro atoms. The first-order chi connectivity index (χ1) is 16.8. The summed E-state index contributed by atoms with van der Waals surface area (Å²) in [6.45, 7) is 3.29. The van der Waals surface area contributed by atoms with Crippen LogP contribution in [0.25, 0.3) is 10.8 Å². The standard InChI is InChI=1S/C28H30N4O3/c1-19-14-15-31(24(16-19)29-23-10-4-3-5-11-23)25(33)18-32-26(34)28(2,30-27(32)35)22-13-12-20-8-6-7-9-21(20)17-22/h6-9,12-17,23H,3-5,10-11,18H2,1-2H3,(H,30,35). The molecule has 3 aromatic rings. The van der Waals surface area contributed by atoms with Crippen LogP contribution in [-0.4, -0.2) is 39.9 Å². The largest absolute Gasteiger partial charge is 0.325 e. The van der Waals surface area contributed by atoms with Crippen LogP contribution in [0.15, 0.2) is 65.8 Å². The topological polar surface area (TPSA) is 83.8 Å². The molecule has 1 aliphatic carbocycles. The maximum Gasteiger partial charge on any atom is 0.325 e. The van der Waals surface area contributed by atoms with Crippen LogP contribution >= 0.6 is 0 Å². The van der Waals surface area contributed by atoms with Gasteiger partial charge in [-0.1, -0.05) is 55.7 Å². The number of rotatable bonds is 4. The summed E-state index contributed by atoms with van der Waals surface area (Å²) < 4.78 is 1.47. The molecule has 1 atom stereocenters. The van der Waals surface area contributed by atoms with Crippen molar-refractivity contribution in [3.8, 4) is 0 Å². The van der Waals surface area contributed by atoms with Crippen LogP contribution in [0, 0.1) is 6.92 Å². The number of nitrogens with one attached hydrogen (secondary N) is 1. The molecule has 1 N–H and O–H groups in total. The number of hydrogen-bond acceptors (Lipinski definition) is 4. The molecular weight excluding hydrogens is 440 g/mol. The van der Waals surface area contributed by atoms with E-state index in [4.69, 9.17) is 4.99 Å². The zero-order chi connectivity index (χ0) is 24.6. The number of nitrogens with zero attached hydrogens (tertiary/aromatic N) is 3. The molecule has 180 valence electrons. The van der Waals surface area contributed by atoms with Gasteiger partial charge in [-0.15, -0.1) is 0 Å². The van der Waals surface area contributed by atoms with Gasteiger partial charge in [-0.3, -0.25) is 24.0 Å². The number of aryl methyl sites for hydroxylation is 1. The molecule has 1 unspecified atom stereocenters. The minimum absolute atomic E-state index is 0.192. The Kier molecular flexibility index (Phi) is 6.01. The van der Waals surface area contributed by atoms with E-state index >= 15 is 0 Å². The van der Waals surface area contributed by atoms with Gasteiger partial charge < -0.3 is 5.32 Å². The highest BCUT2D eigenvalue weighted by Gasteiger charge is 2.49. The molecule has 2 fully saturated rings. The van der Waals surface area contributed by atoms with E-state index < -0.39 is 17.5 Å². The molecule has 3 amide bonds. The van der Waals surface area contributed by atoms with Crippen LogP contribution in [0.2, 0.25) is 0 Å². The second-order valence-electron chi connectivity index (χ2n) is 9.76. The molecule has 1 saturated carbocycles. The summed E-state index contributed by atoms with van der Waals surface area (Å²) in [5.74, 6) is -0.810. The summed E-state index contributed by atoms with van der Waals surface area (Å²) in [6, 6.07) is 16.9. The fourth-order valence-electron chi connectivity index (χ4n) is 5.05. The van der Waals surface area contributed by atoms with Crippen molar-refractivity contribution in [2.45, 2.75) is 57.5 Å². The molecule has 1 aromatic heterocycles. The SMILES string of the molecule is Cc1ccn(C(=O)CN2C(=O)NC(C)(c3ccc4ccccc4c3)C2=O)c(=NC2CCCCC2)c1. The van der Waals surface area contributed by atoms with Gasteiger partial charge in [-0.25, -0.2) is 4.79 Å². The van der Waals surface area contributed by atoms with Crippen molar-refractivity contribution in [2.24, 2.45) is 4.99 Å². The first-order valence-corrected chi connectivity index (χ1v) is 12.2. The quantitative estimate of drug-likeness (QED) is 0.578. The molecule has 7 heteroatoms. The number of pyridine rings is 1. The predicted octanol–water partition coefficient (Wildman–Crippen LogP) is 4.29. The second kappa shape index (κ2) is 9.13. The zero-order valence-corrected chi connectivity index (χ0v) is 20.2. The highest BCUT2D eigenvalue weighted by Crippen LogP contribution is 2.31. The van der Waals surface area contributed by atoms with Gasteiger partial charge in [-0.2, -0.15) is 0 Å². The summed E-state index contributed by atoms with van der Waals surface area (Å²) >= 11 is 0. The number of urea groups is 1. The van der Waals surface area contributed by atoms with E-state index in [1.807, 2.05) is 61.5 Å². The number of imide groups is 1. The Labute approximate surface area is 204 Å². The molecule has 35 heavy (non-hydrogen) atoms. The molecule has 2 aromatic carbocycles. The Morgan fingerprint density at radius 2 is 1.77 bits per heavy atom. The fourth-order valence-corrected chi connectivity index (χ4v) is 5.05. The van der Waals surface area contributed by atoms with Crippen LogP contribution in [0.4, 0.5) is 4.79 Å². The van der Waals surface area contributed by atoms with Gasteiger partial charge in [0, 0.05) is 6.20 Å². The van der Waals surface area contributed by atoms with Crippen LogP contribution in [0.1, 0.15) is 54.9 Å². The van der Waals surface area contributed by atoms with Crippen molar-refractivity contribution in [1.29, 1.82) is 0 Å². The van der Waals surface area contributed by atoms with Crippen molar-refractivity contribution < 1.29 is 14.4 Å². The number of carbonyl (C=O) groups is 3. The number of aromatic nitrogens is 1. The normalized spacial score (nSPS) is 21.5. The van der Waals surface area contributed by atoms with E-state index in [1.165, 1.54) is 11.0 Å². The molecule has 1 aliphatic heterocycles. The third kappa shape index (κ3) is 4.38. The number of benzene rings is 2. The van der Waals surface area contributed by atoms with Gasteiger partial charge in [0.2, 0.25) is 0 Å². The van der Waals surface area contributed by atoms with Gasteiger partial charge in [-0.05, 0) is 66.8 Å². The van der Waals surface area contributed by atoms with Crippen LogP contribution in [-0.2, 0) is 10.3 Å². The molecule has 7 nitrogen and oxygen atoms in total. The lowest BCUT2D eigenvalue weighted by atomic mass is 9.90. The van der Waals surface area contributed by atoms with Gasteiger partial charge in [0.25, 0.3) is 11.8 Å². The first-order valence-electron chi connectivity index (χ1n) is 12.2. The van der Waals surface area contributed by atoms with E-state index in [0.717, 1.165) is 46.9 Å². The van der Waals surface area contributed by atoms with Gasteiger partial charge in [0.05, 0.1) is 6.04 Å². The average Bonchev–Trinajstić information content (AvgIpc) is 3.08. The summed E-state index contributed by atoms with van der Waals surface area (Å²) in [7, 11) is 0. The van der Waals surface area contributed by atoms with E-state index in [-0.39, 0.29) is 18.5 Å². The molecule has 1 saturated heterocycles. The molecular formula is C28H30N4O3. The first kappa shape index (κ1) is 23.0. The maximum absolute atomic E-state index is 13.5. The van der Waals surface area contributed by atoms with Gasteiger partial charge in [0.15, 0.2) is 0 Å². The summed E-state index contributed by atoms with van der Waals surface area (Å²) in [4.78, 5) is 45.5. The van der Waals surface area contributed by atoms with E-state index in [0.29, 0.717) is 11.1 Å². The van der Waals surface area contributed by atoms with Crippen molar-refractivity contribution in [2.75, 3.05) is 6.54 Å². The van der Waals surface area contributed by atoms with E-state index in [9.17, 15) is 14.4 Å². The van der Waals surface area contributed by atoms with Crippen LogP contribution in [0.3, 0.4) is 0 Å². The molecule has 0 radical (unpaired) electrons. The van der Waals surface area contributed by atoms with E-state index in [2.05, 4.69) is 5.32 Å². The molecule has 2 aliphatic rings. The van der Waals surface area contributed by atoms with Crippen LogP contribution in [0.5, 0.6) is 0 Å². The summed E-state index contributed by atoms with van der Waals surface area (Å²) in [5.41, 5.74) is 1.02. The third-order valence-corrected chi connectivity index (χ3v) is 7.14. The fraction of sp³-hybridized carbons (Fsp3) is 0.357. The lowest BCUT2D eigenvalue weighted by molar-refractivity contribution is -0.130. The number of hydrogen-bond donors (Lipinski definition) is 1. The maximum atomic E-state index is 13.5. The number of fused-ring (bicyclic) bond motifs is 1. The van der Waals surface area contributed by atoms with Crippen LogP contribution < -0.4 is 10.8 Å². The lowest BCUT2D eigenvalue weighted by Crippen LogP contribution is -2.43. The number of carbonyl (C=O) groups excluding carboxylic acids is 3. The monoisotopic (exact) mass is 470 g/mol. The average molecular weight is 471 g/mol. The smallest absolute Gasteiger partial charge is 0.319 e. The highest BCUT2D eigenvalue weighted by atomic mass is 16.2. The van der Waals surface area contributed by atoms with Crippen molar-refractivity contribution >= 4 is 28.6 Å². The molecule has 2 heterocycles. The van der Waals surface area contributed by atoms with Crippen molar-refractivity contribution in [3.63, 3.8) is 0 Å². The number of amides is 3. The summed E-state index contributed by atoms with van der Waals surface area (Å²) in [6.07, 6.45) is 7.22. The lowest BCUT2D eigenvalue weighted by Gasteiger charge is -2.23. The minimum Gasteiger partial charge on any atom is -0.319 e. The van der Waals surface area contributed by atoms with Gasteiger partial charge in [0.1, 0.15) is 17.6 Å². The van der Waals surface area contributed by atoms with Gasteiger partial charge >= 0.3 is 6.03 Å². The Balaban J connectivity index is 1.42. The minimum atomic E-state index is -1.24. The second-order valence-corrected chi connectivity index (χ2v) is 9.76. The molecule has 0 bridgehead atoms. The third-order valence-electron chi connectivity index (χ3n) is 7.14. The van der Waals surface area contributed by atoms with Crippen molar-refractivity contribution in [3.05, 3.63) is 77.4 Å². The zero-order valence-electron chi connectivity index (χ0n) is 20.2. The molecule has 5 rings (SSSR count). The Morgan fingerprint density at radius 3 is 2.54 bits per heavy atom. The Morgan fingerprint density at radius 1 is 1.03 bits per heavy atom. The van der Waals surface area contributed by atoms with Crippen molar-refractivity contribution in [1.82, 2.24) is 14.8 Å². The summed E-state index contributed by atoms with van der Waals surface area (Å²) in [5, 5.41) is 4.84. The highest BCUT2D eigenvalue weighted by molar-refractivity contribution is 6.09. The Hall–Kier alpha value is -3.74. The van der Waals surface area contributed by atoms with E-state index in [1.54, 1.807) is 13.1 Å².